The summed E-state index contributed by atoms with van der Waals surface area (Å²) in [7, 11) is 1.61. The number of hydrogen-bond acceptors (Lipinski definition) is 3. The minimum absolute atomic E-state index is 0.600. The zero-order chi connectivity index (χ0) is 13.6. The van der Waals surface area contributed by atoms with Gasteiger partial charge in [-0.15, -0.1) is 5.10 Å². The Kier molecular flexibility index (Phi) is 2.55. The zero-order valence-corrected chi connectivity index (χ0v) is 11.5. The number of benzene rings is 1. The Balaban J connectivity index is 2.17. The highest BCUT2D eigenvalue weighted by Crippen LogP contribution is 2.27. The molecule has 0 atom stereocenters. The summed E-state index contributed by atoms with van der Waals surface area (Å²) in [5.74, 6) is 1.39. The quantitative estimate of drug-likeness (QED) is 0.741. The third kappa shape index (κ3) is 1.78. The van der Waals surface area contributed by atoms with Crippen LogP contribution in [-0.2, 0) is 0 Å². The SMILES string of the molecule is COc1n[nH]c(-c2nc3cc(C)c(C)cc3[nH]2)c1C. The highest BCUT2D eigenvalue weighted by atomic mass is 16.5. The van der Waals surface area contributed by atoms with Crippen molar-refractivity contribution in [3.63, 3.8) is 0 Å². The van der Waals surface area contributed by atoms with Crippen molar-refractivity contribution in [2.45, 2.75) is 20.8 Å². The first-order valence-corrected chi connectivity index (χ1v) is 6.16. The molecule has 0 fully saturated rings. The minimum Gasteiger partial charge on any atom is -0.480 e. The molecule has 0 amide bonds. The van der Waals surface area contributed by atoms with Crippen LogP contribution in [0.25, 0.3) is 22.6 Å². The molecule has 0 aliphatic heterocycles. The van der Waals surface area contributed by atoms with Crippen LogP contribution < -0.4 is 4.74 Å². The van der Waals surface area contributed by atoms with E-state index in [1.54, 1.807) is 7.11 Å². The normalized spacial score (nSPS) is 11.2. The van der Waals surface area contributed by atoms with Crippen LogP contribution in [0.2, 0.25) is 0 Å². The van der Waals surface area contributed by atoms with E-state index < -0.39 is 0 Å². The van der Waals surface area contributed by atoms with Gasteiger partial charge < -0.3 is 9.72 Å². The largest absolute Gasteiger partial charge is 0.480 e. The molecule has 0 spiro atoms. The second kappa shape index (κ2) is 4.12. The van der Waals surface area contributed by atoms with Gasteiger partial charge in [0.2, 0.25) is 5.88 Å². The summed E-state index contributed by atoms with van der Waals surface area (Å²) in [5, 5.41) is 7.07. The van der Waals surface area contributed by atoms with Gasteiger partial charge in [0.1, 0.15) is 5.69 Å². The van der Waals surface area contributed by atoms with E-state index >= 15 is 0 Å². The van der Waals surface area contributed by atoms with Crippen LogP contribution in [0, 0.1) is 20.8 Å². The summed E-state index contributed by atoms with van der Waals surface area (Å²) < 4.78 is 5.18. The number of nitrogens with zero attached hydrogens (tertiary/aromatic N) is 2. The Hall–Kier alpha value is -2.30. The number of methoxy groups -OCH3 is 1. The number of aryl methyl sites for hydroxylation is 2. The summed E-state index contributed by atoms with van der Waals surface area (Å²) in [5.41, 5.74) is 6.31. The third-order valence-corrected chi connectivity index (χ3v) is 3.49. The monoisotopic (exact) mass is 256 g/mol. The van der Waals surface area contributed by atoms with Gasteiger partial charge in [0, 0.05) is 5.56 Å². The summed E-state index contributed by atoms with van der Waals surface area (Å²) in [4.78, 5) is 7.93. The molecule has 0 aliphatic carbocycles. The fourth-order valence-electron chi connectivity index (χ4n) is 2.20. The number of aromatic nitrogens is 4. The van der Waals surface area contributed by atoms with Crippen LogP contribution in [-0.4, -0.2) is 27.3 Å². The van der Waals surface area contributed by atoms with Crippen LogP contribution in [0.1, 0.15) is 16.7 Å². The van der Waals surface area contributed by atoms with Gasteiger partial charge in [0.05, 0.1) is 18.1 Å². The van der Waals surface area contributed by atoms with Crippen molar-refractivity contribution in [3.8, 4) is 17.4 Å². The fourth-order valence-corrected chi connectivity index (χ4v) is 2.20. The van der Waals surface area contributed by atoms with Crippen molar-refractivity contribution in [1.82, 2.24) is 20.2 Å². The highest BCUT2D eigenvalue weighted by Gasteiger charge is 2.14. The van der Waals surface area contributed by atoms with Crippen LogP contribution in [0.4, 0.5) is 0 Å². The van der Waals surface area contributed by atoms with Crippen molar-refractivity contribution >= 4 is 11.0 Å². The second-order valence-electron chi connectivity index (χ2n) is 4.77. The van der Waals surface area contributed by atoms with E-state index in [1.807, 2.05) is 6.92 Å². The Morgan fingerprint density at radius 1 is 1.11 bits per heavy atom. The molecule has 0 aliphatic rings. The lowest BCUT2D eigenvalue weighted by molar-refractivity contribution is 0.394. The van der Waals surface area contributed by atoms with E-state index in [0.717, 1.165) is 28.1 Å². The number of aromatic amines is 2. The van der Waals surface area contributed by atoms with Crippen LogP contribution in [0.3, 0.4) is 0 Å². The molecule has 0 saturated carbocycles. The maximum atomic E-state index is 5.18. The maximum absolute atomic E-state index is 5.18. The van der Waals surface area contributed by atoms with Gasteiger partial charge in [-0.3, -0.25) is 5.10 Å². The summed E-state index contributed by atoms with van der Waals surface area (Å²) in [6.07, 6.45) is 0. The molecule has 0 saturated heterocycles. The predicted molar refractivity (Wildman–Crippen MR) is 74.4 cm³/mol. The Bertz CT molecular complexity index is 715. The molecule has 0 radical (unpaired) electrons. The molecule has 3 rings (SSSR count). The summed E-state index contributed by atoms with van der Waals surface area (Å²) >= 11 is 0. The molecule has 1 aromatic carbocycles. The van der Waals surface area contributed by atoms with Crippen LogP contribution >= 0.6 is 0 Å². The van der Waals surface area contributed by atoms with Gasteiger partial charge in [0.15, 0.2) is 5.82 Å². The molecule has 98 valence electrons. The van der Waals surface area contributed by atoms with Gasteiger partial charge in [0.25, 0.3) is 0 Å². The van der Waals surface area contributed by atoms with Gasteiger partial charge in [-0.25, -0.2) is 4.98 Å². The molecule has 5 nitrogen and oxygen atoms in total. The van der Waals surface area contributed by atoms with Gasteiger partial charge in [-0.2, -0.15) is 0 Å². The van der Waals surface area contributed by atoms with Crippen molar-refractivity contribution < 1.29 is 4.74 Å². The first kappa shape index (κ1) is 11.8. The number of hydrogen-bond donors (Lipinski definition) is 2. The first-order chi connectivity index (χ1) is 9.10. The molecule has 3 aromatic rings. The lowest BCUT2D eigenvalue weighted by Gasteiger charge is -1.97. The first-order valence-electron chi connectivity index (χ1n) is 6.16. The smallest absolute Gasteiger partial charge is 0.235 e. The molecule has 2 heterocycles. The number of imidazole rings is 1. The Morgan fingerprint density at radius 3 is 2.53 bits per heavy atom. The lowest BCUT2D eigenvalue weighted by Crippen LogP contribution is -1.85. The van der Waals surface area contributed by atoms with E-state index in [0.29, 0.717) is 5.88 Å². The van der Waals surface area contributed by atoms with Gasteiger partial charge >= 0.3 is 0 Å². The number of nitrogens with one attached hydrogen (secondary N) is 2. The van der Waals surface area contributed by atoms with Crippen molar-refractivity contribution in [2.24, 2.45) is 0 Å². The third-order valence-electron chi connectivity index (χ3n) is 3.49. The zero-order valence-electron chi connectivity index (χ0n) is 11.5. The van der Waals surface area contributed by atoms with Gasteiger partial charge in [-0.1, -0.05) is 0 Å². The summed E-state index contributed by atoms with van der Waals surface area (Å²) in [6.45, 7) is 6.15. The Morgan fingerprint density at radius 2 is 1.84 bits per heavy atom. The number of fused-ring (bicyclic) bond motifs is 1. The number of H-pyrrole nitrogens is 2. The average Bonchev–Trinajstić information content (AvgIpc) is 2.93. The number of ether oxygens (including phenoxy) is 1. The molecule has 2 N–H and O–H groups in total. The van der Waals surface area contributed by atoms with E-state index in [1.165, 1.54) is 11.1 Å². The van der Waals surface area contributed by atoms with E-state index in [2.05, 4.69) is 46.1 Å². The number of rotatable bonds is 2. The van der Waals surface area contributed by atoms with Gasteiger partial charge in [-0.05, 0) is 44.0 Å². The molecular formula is C14H16N4O. The topological polar surface area (TPSA) is 66.6 Å². The average molecular weight is 256 g/mol. The summed E-state index contributed by atoms with van der Waals surface area (Å²) in [6, 6.07) is 4.21. The molecule has 5 heteroatoms. The van der Waals surface area contributed by atoms with Crippen molar-refractivity contribution in [3.05, 3.63) is 28.8 Å². The minimum atomic E-state index is 0.600. The van der Waals surface area contributed by atoms with E-state index in [4.69, 9.17) is 4.74 Å². The van der Waals surface area contributed by atoms with E-state index in [-0.39, 0.29) is 0 Å². The maximum Gasteiger partial charge on any atom is 0.235 e. The molecule has 0 unspecified atom stereocenters. The van der Waals surface area contributed by atoms with E-state index in [9.17, 15) is 0 Å². The second-order valence-corrected chi connectivity index (χ2v) is 4.77. The molecule has 2 aromatic heterocycles. The Labute approximate surface area is 111 Å². The van der Waals surface area contributed by atoms with Crippen LogP contribution in [0.5, 0.6) is 5.88 Å². The van der Waals surface area contributed by atoms with Crippen LogP contribution in [0.15, 0.2) is 12.1 Å². The molecule has 19 heavy (non-hydrogen) atoms. The van der Waals surface area contributed by atoms with Crippen molar-refractivity contribution in [1.29, 1.82) is 0 Å². The highest BCUT2D eigenvalue weighted by molar-refractivity contribution is 5.81. The standard InChI is InChI=1S/C14H16N4O/c1-7-5-10-11(6-8(7)2)16-13(15-10)12-9(3)14(19-4)18-17-12/h5-6H,1-4H3,(H,15,16)(H,17,18). The fraction of sp³-hybridized carbons (Fsp3) is 0.286. The molecule has 0 bridgehead atoms. The lowest BCUT2D eigenvalue weighted by atomic mass is 10.1. The molecular weight excluding hydrogens is 240 g/mol. The van der Waals surface area contributed by atoms with Crippen molar-refractivity contribution in [2.75, 3.05) is 7.11 Å². The predicted octanol–water partition coefficient (Wildman–Crippen LogP) is 2.89.